The molecule has 0 spiro atoms. The van der Waals surface area contributed by atoms with Crippen molar-refractivity contribution in [2.75, 3.05) is 0 Å². The van der Waals surface area contributed by atoms with Crippen LogP contribution in [0.5, 0.6) is 0 Å². The minimum Gasteiger partial charge on any atom is -0.393 e. The van der Waals surface area contributed by atoms with Crippen LogP contribution < -0.4 is 0 Å². The minimum absolute atomic E-state index is 0.165. The highest BCUT2D eigenvalue weighted by molar-refractivity contribution is 5.80. The van der Waals surface area contributed by atoms with Crippen LogP contribution >= 0.6 is 0 Å². The molecule has 154 valence electrons. The van der Waals surface area contributed by atoms with Gasteiger partial charge in [0, 0.05) is 18.0 Å². The first-order valence-electron chi connectivity index (χ1n) is 11.4. The molecule has 6 atom stereocenters. The average Bonchev–Trinajstić information content (AvgIpc) is 3.29. The molecule has 2 heterocycles. The summed E-state index contributed by atoms with van der Waals surface area (Å²) in [6.45, 7) is 4.92. The molecule has 0 amide bonds. The largest absolute Gasteiger partial charge is 0.393 e. The third-order valence-electron chi connectivity index (χ3n) is 8.31. The molecule has 3 aliphatic carbocycles. The Morgan fingerprint density at radius 1 is 1.10 bits per heavy atom. The van der Waals surface area contributed by atoms with Gasteiger partial charge in [0.2, 0.25) is 0 Å². The first-order chi connectivity index (χ1) is 14.1. The van der Waals surface area contributed by atoms with E-state index in [-0.39, 0.29) is 11.5 Å². The van der Waals surface area contributed by atoms with Crippen LogP contribution in [-0.2, 0) is 0 Å². The molecule has 0 aromatic carbocycles. The maximum atomic E-state index is 10.2. The molecule has 0 bridgehead atoms. The number of fused-ring (bicyclic) bond motifs is 4. The number of aromatic nitrogens is 3. The van der Waals surface area contributed by atoms with E-state index in [2.05, 4.69) is 42.2 Å². The molecule has 1 fully saturated rings. The molecular formula is C25H33N3O. The maximum Gasteiger partial charge on any atom is 0.162 e. The molecule has 29 heavy (non-hydrogen) atoms. The van der Waals surface area contributed by atoms with Crippen LogP contribution in [0.4, 0.5) is 0 Å². The van der Waals surface area contributed by atoms with E-state index in [1.807, 2.05) is 29.2 Å². The van der Waals surface area contributed by atoms with Crippen LogP contribution in [0.15, 0.2) is 42.9 Å². The van der Waals surface area contributed by atoms with Gasteiger partial charge in [0.15, 0.2) is 5.65 Å². The number of aliphatic hydroxyl groups excluding tert-OH is 1. The summed E-state index contributed by atoms with van der Waals surface area (Å²) < 4.78 is 1.90. The zero-order chi connectivity index (χ0) is 20.0. The van der Waals surface area contributed by atoms with Crippen molar-refractivity contribution in [3.8, 4) is 0 Å². The van der Waals surface area contributed by atoms with Gasteiger partial charge < -0.3 is 5.11 Å². The van der Waals surface area contributed by atoms with Crippen molar-refractivity contribution in [3.63, 3.8) is 0 Å². The fourth-order valence-electron chi connectivity index (χ4n) is 6.66. The minimum atomic E-state index is -0.165. The number of allylic oxidation sites excluding steroid dienone is 3. The van der Waals surface area contributed by atoms with Crippen LogP contribution in [-0.4, -0.2) is 25.8 Å². The zero-order valence-corrected chi connectivity index (χ0v) is 17.7. The first-order valence-corrected chi connectivity index (χ1v) is 11.4. The molecule has 1 saturated carbocycles. The van der Waals surface area contributed by atoms with Gasteiger partial charge in [0.05, 0.1) is 12.3 Å². The Balaban J connectivity index is 1.48. The summed E-state index contributed by atoms with van der Waals surface area (Å²) in [7, 11) is 0. The quantitative estimate of drug-likeness (QED) is 0.672. The van der Waals surface area contributed by atoms with Crippen LogP contribution in [0, 0.1) is 29.1 Å². The summed E-state index contributed by atoms with van der Waals surface area (Å²) in [5.74, 6) is 2.86. The van der Waals surface area contributed by atoms with Crippen molar-refractivity contribution in [2.45, 2.75) is 64.9 Å². The summed E-state index contributed by atoms with van der Waals surface area (Å²) in [5.41, 5.74) is 3.88. The number of hydrogen-bond donors (Lipinski definition) is 1. The van der Waals surface area contributed by atoms with E-state index < -0.39 is 0 Å². The standard InChI is InChI=1S/C25H33N3O/c1-17-8-9-18(29)6-3-4-7-20-19(17)12-13-25(2)22(20)10-11-23(25)21-16-27-28-15-5-14-26-24(21)28/h3-5,11,14-20,22,29H,6-10,12-13H2,1-2H3. The van der Waals surface area contributed by atoms with Crippen molar-refractivity contribution in [3.05, 3.63) is 48.4 Å². The molecule has 4 heteroatoms. The van der Waals surface area contributed by atoms with Gasteiger partial charge in [-0.2, -0.15) is 5.10 Å². The summed E-state index contributed by atoms with van der Waals surface area (Å²) in [6.07, 6.45) is 20.5. The summed E-state index contributed by atoms with van der Waals surface area (Å²) in [5, 5.41) is 14.8. The molecule has 6 unspecified atom stereocenters. The van der Waals surface area contributed by atoms with Gasteiger partial charge in [-0.25, -0.2) is 9.50 Å². The van der Waals surface area contributed by atoms with Gasteiger partial charge >= 0.3 is 0 Å². The van der Waals surface area contributed by atoms with Crippen molar-refractivity contribution >= 4 is 11.2 Å². The second kappa shape index (κ2) is 7.39. The lowest BCUT2D eigenvalue weighted by Gasteiger charge is -2.50. The molecule has 2 aromatic heterocycles. The Labute approximate surface area is 173 Å². The summed E-state index contributed by atoms with van der Waals surface area (Å²) >= 11 is 0. The second-order valence-electron chi connectivity index (χ2n) is 9.84. The fourth-order valence-corrected chi connectivity index (χ4v) is 6.66. The highest BCUT2D eigenvalue weighted by Gasteiger charge is 2.51. The number of hydrogen-bond acceptors (Lipinski definition) is 3. The van der Waals surface area contributed by atoms with Gasteiger partial charge in [0.1, 0.15) is 0 Å². The van der Waals surface area contributed by atoms with E-state index in [1.54, 1.807) is 0 Å². The monoisotopic (exact) mass is 391 g/mol. The summed E-state index contributed by atoms with van der Waals surface area (Å²) in [4.78, 5) is 4.63. The molecule has 3 aliphatic rings. The van der Waals surface area contributed by atoms with Gasteiger partial charge in [-0.3, -0.25) is 0 Å². The van der Waals surface area contributed by atoms with E-state index in [4.69, 9.17) is 0 Å². The normalized spacial score (nSPS) is 37.8. The Bertz CT molecular complexity index is 944. The van der Waals surface area contributed by atoms with Crippen molar-refractivity contribution < 1.29 is 5.11 Å². The Morgan fingerprint density at radius 3 is 2.86 bits per heavy atom. The molecule has 4 nitrogen and oxygen atoms in total. The highest BCUT2D eigenvalue weighted by Crippen LogP contribution is 2.61. The second-order valence-corrected chi connectivity index (χ2v) is 9.84. The van der Waals surface area contributed by atoms with Crippen LogP contribution in [0.2, 0.25) is 0 Å². The number of nitrogens with zero attached hydrogens (tertiary/aromatic N) is 3. The van der Waals surface area contributed by atoms with Crippen LogP contribution in [0.3, 0.4) is 0 Å². The number of aliphatic hydroxyl groups is 1. The molecule has 1 N–H and O–H groups in total. The first kappa shape index (κ1) is 19.0. The predicted molar refractivity (Wildman–Crippen MR) is 116 cm³/mol. The van der Waals surface area contributed by atoms with Crippen LogP contribution in [0.1, 0.15) is 64.4 Å². The SMILES string of the molecule is CC1CCC(O)CC=CCC2C1CCC1(C)C(c3cnn4cccnc34)=CCC21. The molecule has 5 rings (SSSR count). The average molecular weight is 392 g/mol. The third kappa shape index (κ3) is 3.16. The molecule has 0 aliphatic heterocycles. The van der Waals surface area contributed by atoms with Crippen molar-refractivity contribution in [2.24, 2.45) is 29.1 Å². The Kier molecular flexibility index (Phi) is 4.85. The topological polar surface area (TPSA) is 50.4 Å². The van der Waals surface area contributed by atoms with E-state index in [0.29, 0.717) is 11.8 Å². The van der Waals surface area contributed by atoms with E-state index >= 15 is 0 Å². The molecular weight excluding hydrogens is 358 g/mol. The molecule has 0 radical (unpaired) electrons. The lowest BCUT2D eigenvalue weighted by Crippen LogP contribution is -2.42. The van der Waals surface area contributed by atoms with Gasteiger partial charge in [-0.05, 0) is 85.7 Å². The third-order valence-corrected chi connectivity index (χ3v) is 8.31. The predicted octanol–water partition coefficient (Wildman–Crippen LogP) is 5.29. The van der Waals surface area contributed by atoms with E-state index in [0.717, 1.165) is 43.2 Å². The fraction of sp³-hybridized carbons (Fsp3) is 0.600. The van der Waals surface area contributed by atoms with E-state index in [1.165, 1.54) is 30.4 Å². The Morgan fingerprint density at radius 2 is 1.97 bits per heavy atom. The smallest absolute Gasteiger partial charge is 0.162 e. The van der Waals surface area contributed by atoms with Gasteiger partial charge in [0.25, 0.3) is 0 Å². The van der Waals surface area contributed by atoms with Crippen molar-refractivity contribution in [1.82, 2.24) is 14.6 Å². The van der Waals surface area contributed by atoms with Crippen molar-refractivity contribution in [1.29, 1.82) is 0 Å². The lowest BCUT2D eigenvalue weighted by atomic mass is 9.55. The summed E-state index contributed by atoms with van der Waals surface area (Å²) in [6, 6.07) is 1.94. The van der Waals surface area contributed by atoms with Gasteiger partial charge in [-0.15, -0.1) is 0 Å². The Hall–Kier alpha value is -1.94. The molecule has 0 saturated heterocycles. The lowest BCUT2D eigenvalue weighted by molar-refractivity contribution is 0.0322. The number of rotatable bonds is 1. The van der Waals surface area contributed by atoms with E-state index in [9.17, 15) is 5.11 Å². The van der Waals surface area contributed by atoms with Crippen LogP contribution in [0.25, 0.3) is 11.2 Å². The highest BCUT2D eigenvalue weighted by atomic mass is 16.3. The maximum absolute atomic E-state index is 10.2. The van der Waals surface area contributed by atoms with Gasteiger partial charge in [-0.1, -0.05) is 32.1 Å². The zero-order valence-electron chi connectivity index (χ0n) is 17.7. The molecule has 2 aromatic rings.